The molecule has 0 aromatic carbocycles. The third kappa shape index (κ3) is 5.56. The van der Waals surface area contributed by atoms with Crippen LogP contribution in [0.4, 0.5) is 0 Å². The van der Waals surface area contributed by atoms with Crippen LogP contribution in [-0.2, 0) is 4.74 Å². The fourth-order valence-electron chi connectivity index (χ4n) is 3.42. The zero-order valence-corrected chi connectivity index (χ0v) is 12.7. The van der Waals surface area contributed by atoms with Crippen molar-refractivity contribution in [3.05, 3.63) is 12.3 Å². The lowest BCUT2D eigenvalue weighted by Crippen LogP contribution is -2.31. The molecule has 0 aromatic heterocycles. The van der Waals surface area contributed by atoms with Crippen molar-refractivity contribution in [3.63, 3.8) is 0 Å². The molecular weight excluding hydrogens is 234 g/mol. The summed E-state index contributed by atoms with van der Waals surface area (Å²) in [5, 5.41) is 0. The zero-order chi connectivity index (χ0) is 13.4. The number of morpholine rings is 1. The maximum Gasteiger partial charge on any atom is 0.0642 e. The molecule has 110 valence electrons. The summed E-state index contributed by atoms with van der Waals surface area (Å²) in [5.74, 6) is 0. The second-order valence-electron chi connectivity index (χ2n) is 6.65. The third-order valence-corrected chi connectivity index (χ3v) is 4.82. The normalized spacial score (nSPS) is 23.9. The Morgan fingerprint density at radius 1 is 1.05 bits per heavy atom. The predicted octanol–water partition coefficient (Wildman–Crippen LogP) is 4.36. The second kappa shape index (κ2) is 7.94. The molecule has 1 aliphatic heterocycles. The maximum absolute atomic E-state index is 5.35. The Bertz CT molecular complexity index is 262. The van der Waals surface area contributed by atoms with Crippen LogP contribution in [0.5, 0.6) is 0 Å². The van der Waals surface area contributed by atoms with E-state index in [9.17, 15) is 0 Å². The lowest BCUT2D eigenvalue weighted by molar-refractivity contribution is 0.0593. The average molecular weight is 265 g/mol. The van der Waals surface area contributed by atoms with Gasteiger partial charge in [-0.2, -0.15) is 0 Å². The highest BCUT2D eigenvalue weighted by Gasteiger charge is 2.25. The first kappa shape index (κ1) is 14.9. The van der Waals surface area contributed by atoms with Gasteiger partial charge in [-0.1, -0.05) is 38.7 Å². The molecular formula is C17H31NO. The van der Waals surface area contributed by atoms with Crippen molar-refractivity contribution in [2.24, 2.45) is 5.41 Å². The summed E-state index contributed by atoms with van der Waals surface area (Å²) in [6.45, 7) is 6.42. The van der Waals surface area contributed by atoms with Gasteiger partial charge in [0.15, 0.2) is 0 Å². The summed E-state index contributed by atoms with van der Waals surface area (Å²) in [6.07, 6.45) is 17.4. The summed E-state index contributed by atoms with van der Waals surface area (Å²) in [5.41, 5.74) is 0.673. The van der Waals surface area contributed by atoms with E-state index in [4.69, 9.17) is 4.74 Å². The Hall–Kier alpha value is -0.500. The van der Waals surface area contributed by atoms with Crippen LogP contribution in [0.2, 0.25) is 0 Å². The number of allylic oxidation sites excluding steroid dienone is 1. The fourth-order valence-corrected chi connectivity index (χ4v) is 3.42. The molecule has 1 aliphatic carbocycles. The molecule has 1 saturated carbocycles. The van der Waals surface area contributed by atoms with Crippen LogP contribution < -0.4 is 0 Å². The lowest BCUT2D eigenvalue weighted by Gasteiger charge is -2.33. The number of rotatable bonds is 6. The van der Waals surface area contributed by atoms with Crippen LogP contribution in [0.25, 0.3) is 0 Å². The molecule has 1 heterocycles. The molecule has 2 rings (SSSR count). The van der Waals surface area contributed by atoms with Gasteiger partial charge in [0, 0.05) is 13.1 Å². The molecule has 0 spiro atoms. The maximum atomic E-state index is 5.35. The topological polar surface area (TPSA) is 12.5 Å². The molecule has 19 heavy (non-hydrogen) atoms. The highest BCUT2D eigenvalue weighted by atomic mass is 16.5. The summed E-state index contributed by atoms with van der Waals surface area (Å²) in [4.78, 5) is 2.38. The molecule has 1 saturated heterocycles. The van der Waals surface area contributed by atoms with Gasteiger partial charge < -0.3 is 9.64 Å². The number of unbranched alkanes of at least 4 members (excludes halogenated alkanes) is 2. The van der Waals surface area contributed by atoms with Gasteiger partial charge in [0.05, 0.1) is 13.2 Å². The van der Waals surface area contributed by atoms with E-state index in [2.05, 4.69) is 24.1 Å². The first-order chi connectivity index (χ1) is 9.29. The summed E-state index contributed by atoms with van der Waals surface area (Å²) >= 11 is 0. The highest BCUT2D eigenvalue weighted by molar-refractivity contribution is 4.84. The smallest absolute Gasteiger partial charge is 0.0642 e. The van der Waals surface area contributed by atoms with Gasteiger partial charge >= 0.3 is 0 Å². The molecule has 0 unspecified atom stereocenters. The standard InChI is InChI=1S/C17H31NO/c1-17(10-6-4-7-11-17)9-5-2-3-8-12-18-13-15-19-16-14-18/h8,12H,2-7,9-11,13-16H2,1H3. The first-order valence-electron chi connectivity index (χ1n) is 8.27. The summed E-state index contributed by atoms with van der Waals surface area (Å²) in [6, 6.07) is 0. The van der Waals surface area contributed by atoms with Crippen molar-refractivity contribution in [2.75, 3.05) is 26.3 Å². The van der Waals surface area contributed by atoms with E-state index in [-0.39, 0.29) is 0 Å². The first-order valence-corrected chi connectivity index (χ1v) is 8.27. The number of hydrogen-bond donors (Lipinski definition) is 0. The minimum Gasteiger partial charge on any atom is -0.378 e. The van der Waals surface area contributed by atoms with Crippen molar-refractivity contribution < 1.29 is 4.74 Å². The highest BCUT2D eigenvalue weighted by Crippen LogP contribution is 2.39. The molecule has 2 aliphatic rings. The van der Waals surface area contributed by atoms with E-state index in [0.717, 1.165) is 26.3 Å². The Morgan fingerprint density at radius 3 is 2.53 bits per heavy atom. The van der Waals surface area contributed by atoms with Crippen LogP contribution in [-0.4, -0.2) is 31.2 Å². The molecule has 2 nitrogen and oxygen atoms in total. The largest absolute Gasteiger partial charge is 0.378 e. The quantitative estimate of drug-likeness (QED) is 0.661. The van der Waals surface area contributed by atoms with Gasteiger partial charge in [0.25, 0.3) is 0 Å². The van der Waals surface area contributed by atoms with Crippen molar-refractivity contribution >= 4 is 0 Å². The molecule has 2 heteroatoms. The second-order valence-corrected chi connectivity index (χ2v) is 6.65. The van der Waals surface area contributed by atoms with Gasteiger partial charge in [-0.25, -0.2) is 0 Å². The molecule has 0 N–H and O–H groups in total. The molecule has 0 atom stereocenters. The number of nitrogens with zero attached hydrogens (tertiary/aromatic N) is 1. The van der Waals surface area contributed by atoms with E-state index in [1.54, 1.807) is 0 Å². The Kier molecular flexibility index (Phi) is 6.22. The van der Waals surface area contributed by atoms with E-state index in [0.29, 0.717) is 5.41 Å². The number of ether oxygens (including phenoxy) is 1. The molecule has 0 aromatic rings. The van der Waals surface area contributed by atoms with Crippen LogP contribution in [0, 0.1) is 5.41 Å². The van der Waals surface area contributed by atoms with Crippen molar-refractivity contribution in [1.82, 2.24) is 4.90 Å². The van der Waals surface area contributed by atoms with Crippen LogP contribution >= 0.6 is 0 Å². The molecule has 0 radical (unpaired) electrons. The van der Waals surface area contributed by atoms with E-state index in [1.165, 1.54) is 57.8 Å². The molecule has 2 fully saturated rings. The van der Waals surface area contributed by atoms with Crippen molar-refractivity contribution in [3.8, 4) is 0 Å². The van der Waals surface area contributed by atoms with Gasteiger partial charge in [-0.3, -0.25) is 0 Å². The van der Waals surface area contributed by atoms with Crippen LogP contribution in [0.1, 0.15) is 64.7 Å². The van der Waals surface area contributed by atoms with Gasteiger partial charge in [-0.15, -0.1) is 0 Å². The third-order valence-electron chi connectivity index (χ3n) is 4.82. The number of hydrogen-bond acceptors (Lipinski definition) is 2. The Labute approximate surface area is 119 Å². The summed E-state index contributed by atoms with van der Waals surface area (Å²) < 4.78 is 5.35. The minimum atomic E-state index is 0.673. The monoisotopic (exact) mass is 265 g/mol. The van der Waals surface area contributed by atoms with E-state index < -0.39 is 0 Å². The molecule has 0 amide bonds. The van der Waals surface area contributed by atoms with Gasteiger partial charge in [-0.05, 0) is 43.7 Å². The SMILES string of the molecule is CC1(CCCCC=CN2CCOCC2)CCCCC1. The predicted molar refractivity (Wildman–Crippen MR) is 81.2 cm³/mol. The van der Waals surface area contributed by atoms with Crippen LogP contribution in [0.15, 0.2) is 12.3 Å². The molecule has 0 bridgehead atoms. The zero-order valence-electron chi connectivity index (χ0n) is 12.7. The van der Waals surface area contributed by atoms with E-state index in [1.807, 2.05) is 0 Å². The van der Waals surface area contributed by atoms with Crippen LogP contribution in [0.3, 0.4) is 0 Å². The lowest BCUT2D eigenvalue weighted by atomic mass is 9.72. The average Bonchev–Trinajstić information content (AvgIpc) is 2.44. The minimum absolute atomic E-state index is 0.673. The van der Waals surface area contributed by atoms with E-state index >= 15 is 0 Å². The van der Waals surface area contributed by atoms with Crippen molar-refractivity contribution in [2.45, 2.75) is 64.7 Å². The van der Waals surface area contributed by atoms with Gasteiger partial charge in [0.1, 0.15) is 0 Å². The van der Waals surface area contributed by atoms with Crippen molar-refractivity contribution in [1.29, 1.82) is 0 Å². The Balaban J connectivity index is 1.52. The van der Waals surface area contributed by atoms with Gasteiger partial charge in [0.2, 0.25) is 0 Å². The summed E-state index contributed by atoms with van der Waals surface area (Å²) in [7, 11) is 0. The Morgan fingerprint density at radius 2 is 1.79 bits per heavy atom. The fraction of sp³-hybridized carbons (Fsp3) is 0.882.